The van der Waals surface area contributed by atoms with Crippen LogP contribution in [0.3, 0.4) is 0 Å². The first kappa shape index (κ1) is 13.6. The molecular weight excluding hydrogens is 250 g/mol. The molecule has 2 fully saturated rings. The van der Waals surface area contributed by atoms with Gasteiger partial charge < -0.3 is 10.2 Å². The highest BCUT2D eigenvalue weighted by Crippen LogP contribution is 2.42. The van der Waals surface area contributed by atoms with Crippen LogP contribution in [0.1, 0.15) is 32.6 Å². The standard InChI is InChI=1S/C16H23N3O/c1-11-6-12-7-13(12)8-15(9-17-11)19(2)16(20)10-18-14-4-3-5-14/h6,8-9,12-14,18H,3-5,7,10H2,1-2H3/b11-6+,15-8+,17-9+. The molecule has 1 N–H and O–H groups in total. The Labute approximate surface area is 120 Å². The molecule has 2 saturated carbocycles. The molecule has 1 heterocycles. The van der Waals surface area contributed by atoms with Gasteiger partial charge in [0.1, 0.15) is 0 Å². The maximum Gasteiger partial charge on any atom is 0.240 e. The topological polar surface area (TPSA) is 44.7 Å². The first-order valence-corrected chi connectivity index (χ1v) is 7.58. The van der Waals surface area contributed by atoms with E-state index in [1.165, 1.54) is 25.7 Å². The molecule has 3 aliphatic rings. The Bertz CT molecular complexity index is 488. The van der Waals surface area contributed by atoms with Gasteiger partial charge in [0.25, 0.3) is 0 Å². The van der Waals surface area contributed by atoms with Crippen molar-refractivity contribution in [3.8, 4) is 0 Å². The van der Waals surface area contributed by atoms with Gasteiger partial charge in [0.05, 0.1) is 18.5 Å². The maximum atomic E-state index is 12.2. The molecular formula is C16H23N3O. The van der Waals surface area contributed by atoms with E-state index in [2.05, 4.69) is 22.5 Å². The summed E-state index contributed by atoms with van der Waals surface area (Å²) in [6.07, 6.45) is 11.1. The number of carbonyl (C=O) groups excluding carboxylic acids is 1. The van der Waals surface area contributed by atoms with Crippen LogP contribution in [0.2, 0.25) is 0 Å². The van der Waals surface area contributed by atoms with Gasteiger partial charge in [-0.2, -0.15) is 0 Å². The summed E-state index contributed by atoms with van der Waals surface area (Å²) in [5.41, 5.74) is 1.99. The third-order valence-electron chi connectivity index (χ3n) is 4.54. The summed E-state index contributed by atoms with van der Waals surface area (Å²) in [7, 11) is 1.85. The van der Waals surface area contributed by atoms with Crippen LogP contribution in [-0.4, -0.2) is 36.7 Å². The van der Waals surface area contributed by atoms with Crippen molar-refractivity contribution in [2.45, 2.75) is 38.6 Å². The molecule has 0 aromatic carbocycles. The zero-order chi connectivity index (χ0) is 14.1. The lowest BCUT2D eigenvalue weighted by atomic mass is 9.93. The second kappa shape index (κ2) is 5.52. The summed E-state index contributed by atoms with van der Waals surface area (Å²) in [5, 5.41) is 3.32. The molecule has 3 rings (SSSR count). The molecule has 0 spiro atoms. The summed E-state index contributed by atoms with van der Waals surface area (Å²) in [4.78, 5) is 18.4. The Balaban J connectivity index is 1.61. The Morgan fingerprint density at radius 1 is 1.40 bits per heavy atom. The highest BCUT2D eigenvalue weighted by Gasteiger charge is 2.35. The molecule has 0 bridgehead atoms. The third kappa shape index (κ3) is 3.01. The predicted octanol–water partition coefficient (Wildman–Crippen LogP) is 2.10. The Morgan fingerprint density at radius 2 is 2.15 bits per heavy atom. The second-order valence-electron chi connectivity index (χ2n) is 6.18. The average molecular weight is 273 g/mol. The minimum Gasteiger partial charge on any atom is -0.313 e. The Kier molecular flexibility index (Phi) is 3.74. The van der Waals surface area contributed by atoms with Crippen molar-refractivity contribution in [3.63, 3.8) is 0 Å². The van der Waals surface area contributed by atoms with Gasteiger partial charge in [-0.1, -0.05) is 18.6 Å². The third-order valence-corrected chi connectivity index (χ3v) is 4.54. The number of rotatable bonds is 4. The molecule has 0 radical (unpaired) electrons. The summed E-state index contributed by atoms with van der Waals surface area (Å²) in [6.45, 7) is 2.45. The number of amides is 1. The number of nitrogens with zero attached hydrogens (tertiary/aromatic N) is 2. The number of fused-ring (bicyclic) bond motifs is 1. The van der Waals surface area contributed by atoms with Crippen molar-refractivity contribution < 1.29 is 4.79 Å². The van der Waals surface area contributed by atoms with E-state index in [9.17, 15) is 4.79 Å². The average Bonchev–Trinajstić information content (AvgIpc) is 3.06. The summed E-state index contributed by atoms with van der Waals surface area (Å²) in [6, 6.07) is 0.547. The van der Waals surface area contributed by atoms with Crippen LogP contribution in [0.4, 0.5) is 0 Å². The fourth-order valence-corrected chi connectivity index (χ4v) is 2.71. The van der Waals surface area contributed by atoms with E-state index < -0.39 is 0 Å². The fraction of sp³-hybridized carbons (Fsp3) is 0.625. The molecule has 0 aromatic heterocycles. The summed E-state index contributed by atoms with van der Waals surface area (Å²) < 4.78 is 0. The predicted molar refractivity (Wildman–Crippen MR) is 80.3 cm³/mol. The van der Waals surface area contributed by atoms with Gasteiger partial charge in [-0.25, -0.2) is 0 Å². The first-order chi connectivity index (χ1) is 9.63. The quantitative estimate of drug-likeness (QED) is 0.852. The van der Waals surface area contributed by atoms with Crippen molar-refractivity contribution in [1.82, 2.24) is 10.2 Å². The molecule has 2 atom stereocenters. The minimum atomic E-state index is 0.119. The summed E-state index contributed by atoms with van der Waals surface area (Å²) in [5.74, 6) is 1.33. The van der Waals surface area contributed by atoms with Crippen LogP contribution in [0, 0.1) is 11.8 Å². The normalized spacial score (nSPS) is 35.3. The summed E-state index contributed by atoms with van der Waals surface area (Å²) >= 11 is 0. The van der Waals surface area contributed by atoms with Gasteiger partial charge >= 0.3 is 0 Å². The van der Waals surface area contributed by atoms with E-state index in [1.54, 1.807) is 4.90 Å². The van der Waals surface area contributed by atoms with E-state index in [1.807, 2.05) is 20.2 Å². The van der Waals surface area contributed by atoms with Crippen molar-refractivity contribution in [1.29, 1.82) is 0 Å². The molecule has 2 unspecified atom stereocenters. The van der Waals surface area contributed by atoms with Crippen LogP contribution in [0.25, 0.3) is 0 Å². The smallest absolute Gasteiger partial charge is 0.240 e. The maximum absolute atomic E-state index is 12.2. The lowest BCUT2D eigenvalue weighted by Gasteiger charge is -2.27. The van der Waals surface area contributed by atoms with Crippen molar-refractivity contribution in [2.75, 3.05) is 13.6 Å². The number of aliphatic imine (C=N–C) groups is 1. The monoisotopic (exact) mass is 273 g/mol. The minimum absolute atomic E-state index is 0.119. The number of hydrogen-bond donors (Lipinski definition) is 1. The molecule has 1 amide bonds. The molecule has 4 nitrogen and oxygen atoms in total. The van der Waals surface area contributed by atoms with E-state index in [0.717, 1.165) is 11.4 Å². The van der Waals surface area contributed by atoms with E-state index >= 15 is 0 Å². The van der Waals surface area contributed by atoms with Crippen LogP contribution in [-0.2, 0) is 4.79 Å². The lowest BCUT2D eigenvalue weighted by Crippen LogP contribution is -2.42. The number of nitrogens with one attached hydrogen (secondary N) is 1. The zero-order valence-corrected chi connectivity index (χ0v) is 12.3. The Morgan fingerprint density at radius 3 is 2.85 bits per heavy atom. The first-order valence-electron chi connectivity index (χ1n) is 7.58. The number of allylic oxidation sites excluding steroid dienone is 4. The second-order valence-corrected chi connectivity index (χ2v) is 6.18. The molecule has 4 heteroatoms. The largest absolute Gasteiger partial charge is 0.313 e. The van der Waals surface area contributed by atoms with Crippen LogP contribution < -0.4 is 5.32 Å². The highest BCUT2D eigenvalue weighted by atomic mass is 16.2. The van der Waals surface area contributed by atoms with Crippen LogP contribution in [0.5, 0.6) is 0 Å². The molecule has 108 valence electrons. The van der Waals surface area contributed by atoms with Crippen molar-refractivity contribution in [3.05, 3.63) is 23.5 Å². The van der Waals surface area contributed by atoms with Gasteiger partial charge in [-0.15, -0.1) is 0 Å². The lowest BCUT2D eigenvalue weighted by molar-refractivity contribution is -0.127. The molecule has 2 aliphatic carbocycles. The van der Waals surface area contributed by atoms with Gasteiger partial charge in [0.15, 0.2) is 0 Å². The van der Waals surface area contributed by atoms with E-state index in [-0.39, 0.29) is 5.91 Å². The van der Waals surface area contributed by atoms with E-state index in [0.29, 0.717) is 24.4 Å². The van der Waals surface area contributed by atoms with E-state index in [4.69, 9.17) is 0 Å². The SMILES string of the molecule is CC1=C/C2CC2\C=C(N(C)C(=O)CNC2CCC2)/C=N/1. The van der Waals surface area contributed by atoms with Crippen molar-refractivity contribution in [2.24, 2.45) is 16.8 Å². The Hall–Kier alpha value is -1.42. The van der Waals surface area contributed by atoms with Gasteiger partial charge in [0, 0.05) is 18.8 Å². The van der Waals surface area contributed by atoms with Gasteiger partial charge in [-0.3, -0.25) is 9.79 Å². The van der Waals surface area contributed by atoms with Crippen LogP contribution in [0.15, 0.2) is 28.5 Å². The van der Waals surface area contributed by atoms with Crippen LogP contribution >= 0.6 is 0 Å². The molecule has 20 heavy (non-hydrogen) atoms. The number of carbonyl (C=O) groups is 1. The van der Waals surface area contributed by atoms with Gasteiger partial charge in [0.2, 0.25) is 5.91 Å². The highest BCUT2D eigenvalue weighted by molar-refractivity contribution is 5.89. The van der Waals surface area contributed by atoms with Gasteiger partial charge in [-0.05, 0) is 38.0 Å². The fourth-order valence-electron chi connectivity index (χ4n) is 2.71. The molecule has 1 aliphatic heterocycles. The van der Waals surface area contributed by atoms with Crippen molar-refractivity contribution >= 4 is 12.1 Å². The number of hydrogen-bond acceptors (Lipinski definition) is 3. The molecule has 0 saturated heterocycles. The number of likely N-dealkylation sites (N-methyl/N-ethyl adjacent to an activating group) is 1. The molecule has 0 aromatic rings. The zero-order valence-electron chi connectivity index (χ0n) is 12.3.